The Kier molecular flexibility index (Phi) is 5.07. The van der Waals surface area contributed by atoms with Crippen LogP contribution < -0.4 is 5.73 Å². The lowest BCUT2D eigenvalue weighted by molar-refractivity contribution is 0.0699. The number of aromatic nitrogens is 1. The first-order valence-electron chi connectivity index (χ1n) is 5.46. The maximum Gasteiger partial charge on any atom is 0.336 e. The van der Waals surface area contributed by atoms with Crippen molar-refractivity contribution in [1.82, 2.24) is 4.98 Å². The summed E-state index contributed by atoms with van der Waals surface area (Å²) in [5.41, 5.74) is 5.89. The Morgan fingerprint density at radius 3 is 2.50 bits per heavy atom. The lowest BCUT2D eigenvalue weighted by Crippen LogP contribution is -2.06. The van der Waals surface area contributed by atoms with Crippen LogP contribution in [0.15, 0.2) is 30.3 Å². The Bertz CT molecular complexity index is 553. The molecule has 0 aliphatic rings. The van der Waals surface area contributed by atoms with Gasteiger partial charge in [-0.25, -0.2) is 9.78 Å². The zero-order valence-corrected chi connectivity index (χ0v) is 11.0. The molecule has 0 atom stereocenters. The minimum absolute atomic E-state index is 0.181. The summed E-state index contributed by atoms with van der Waals surface area (Å²) in [4.78, 5) is 14.9. The molecule has 2 aromatic rings. The number of aromatic carboxylic acids is 1. The maximum absolute atomic E-state index is 10.9. The van der Waals surface area contributed by atoms with Crippen molar-refractivity contribution in [3.8, 4) is 0 Å². The van der Waals surface area contributed by atoms with Gasteiger partial charge in [0.15, 0.2) is 0 Å². The fourth-order valence-electron chi connectivity index (χ4n) is 1.32. The molecule has 0 amide bonds. The molecular weight excluding hydrogens is 252 g/mol. The molecule has 0 saturated carbocycles. The summed E-state index contributed by atoms with van der Waals surface area (Å²) in [6.45, 7) is 3.89. The van der Waals surface area contributed by atoms with E-state index >= 15 is 0 Å². The van der Waals surface area contributed by atoms with E-state index in [0.717, 1.165) is 0 Å². The minimum atomic E-state index is -0.995. The number of nitrogens with two attached hydrogens (primary N) is 1. The number of hydrogen-bond acceptors (Lipinski definition) is 3. The van der Waals surface area contributed by atoms with Crippen molar-refractivity contribution in [3.63, 3.8) is 0 Å². The number of benzene rings is 1. The average Bonchev–Trinajstić information content (AvgIpc) is 2.26. The highest BCUT2D eigenvalue weighted by atomic mass is 35.5. The van der Waals surface area contributed by atoms with Crippen molar-refractivity contribution in [3.05, 3.63) is 41.0 Å². The third-order valence-electron chi connectivity index (χ3n) is 1.92. The molecule has 0 radical (unpaired) electrons. The molecule has 1 aromatic heterocycles. The first-order chi connectivity index (χ1) is 8.41. The van der Waals surface area contributed by atoms with Crippen LogP contribution in [0, 0.1) is 0 Å². The molecule has 0 aliphatic carbocycles. The van der Waals surface area contributed by atoms with Crippen LogP contribution in [-0.4, -0.2) is 22.1 Å². The maximum atomic E-state index is 10.9. The molecular formula is C13H15ClN2O2. The molecule has 1 aromatic carbocycles. The van der Waals surface area contributed by atoms with E-state index in [1.165, 1.54) is 6.07 Å². The number of para-hydroxylation sites is 1. The summed E-state index contributed by atoms with van der Waals surface area (Å²) >= 11 is 5.69. The fourth-order valence-corrected chi connectivity index (χ4v) is 1.52. The largest absolute Gasteiger partial charge is 0.478 e. The van der Waals surface area contributed by atoms with Crippen LogP contribution in [0.3, 0.4) is 0 Å². The average molecular weight is 267 g/mol. The summed E-state index contributed by atoms with van der Waals surface area (Å²) in [6, 6.07) is 8.68. The van der Waals surface area contributed by atoms with Crippen LogP contribution in [-0.2, 0) is 0 Å². The van der Waals surface area contributed by atoms with Gasteiger partial charge in [0.05, 0.1) is 11.1 Å². The summed E-state index contributed by atoms with van der Waals surface area (Å²) in [7, 11) is 0. The quantitative estimate of drug-likeness (QED) is 0.778. The SMILES string of the molecule is CC(C)N.O=C(O)c1cc(Cl)nc2ccccc12. The van der Waals surface area contributed by atoms with Crippen molar-refractivity contribution in [2.24, 2.45) is 5.73 Å². The van der Waals surface area contributed by atoms with E-state index < -0.39 is 5.97 Å². The highest BCUT2D eigenvalue weighted by Crippen LogP contribution is 2.20. The van der Waals surface area contributed by atoms with Crippen LogP contribution >= 0.6 is 11.6 Å². The second-order valence-corrected chi connectivity index (χ2v) is 4.45. The number of carboxylic acid groups (broad SMARTS) is 1. The van der Waals surface area contributed by atoms with Gasteiger partial charge in [-0.05, 0) is 18.2 Å². The number of carbonyl (C=O) groups is 1. The van der Waals surface area contributed by atoms with Crippen molar-refractivity contribution in [2.45, 2.75) is 19.9 Å². The fraction of sp³-hybridized carbons (Fsp3) is 0.231. The van der Waals surface area contributed by atoms with E-state index in [1.54, 1.807) is 24.3 Å². The van der Waals surface area contributed by atoms with E-state index in [9.17, 15) is 4.79 Å². The van der Waals surface area contributed by atoms with Gasteiger partial charge in [0.1, 0.15) is 5.15 Å². The molecule has 3 N–H and O–H groups in total. The number of pyridine rings is 1. The van der Waals surface area contributed by atoms with E-state index in [2.05, 4.69) is 4.98 Å². The van der Waals surface area contributed by atoms with E-state index in [-0.39, 0.29) is 10.7 Å². The van der Waals surface area contributed by atoms with Crippen LogP contribution in [0.5, 0.6) is 0 Å². The summed E-state index contributed by atoms with van der Waals surface area (Å²) in [5.74, 6) is -0.995. The van der Waals surface area contributed by atoms with Gasteiger partial charge in [-0.2, -0.15) is 0 Å². The van der Waals surface area contributed by atoms with Crippen molar-refractivity contribution < 1.29 is 9.90 Å². The van der Waals surface area contributed by atoms with Gasteiger partial charge in [-0.3, -0.25) is 0 Å². The second kappa shape index (κ2) is 6.33. The molecule has 4 nitrogen and oxygen atoms in total. The molecule has 96 valence electrons. The van der Waals surface area contributed by atoms with Crippen molar-refractivity contribution >= 4 is 28.5 Å². The molecule has 0 bridgehead atoms. The first kappa shape index (κ1) is 14.4. The first-order valence-corrected chi connectivity index (χ1v) is 5.83. The summed E-state index contributed by atoms with van der Waals surface area (Å²) in [5, 5.41) is 9.72. The van der Waals surface area contributed by atoms with Gasteiger partial charge < -0.3 is 10.8 Å². The number of fused-ring (bicyclic) bond motifs is 1. The Morgan fingerprint density at radius 2 is 1.94 bits per heavy atom. The molecule has 0 fully saturated rings. The molecule has 5 heteroatoms. The van der Waals surface area contributed by atoms with Crippen LogP contribution in [0.1, 0.15) is 24.2 Å². The monoisotopic (exact) mass is 266 g/mol. The lowest BCUT2D eigenvalue weighted by atomic mass is 10.1. The molecule has 2 rings (SSSR count). The lowest BCUT2D eigenvalue weighted by Gasteiger charge is -2.01. The zero-order valence-electron chi connectivity index (χ0n) is 10.2. The van der Waals surface area contributed by atoms with Gasteiger partial charge in [-0.15, -0.1) is 0 Å². The Morgan fingerprint density at radius 1 is 1.39 bits per heavy atom. The third kappa shape index (κ3) is 3.98. The summed E-state index contributed by atoms with van der Waals surface area (Å²) < 4.78 is 0. The van der Waals surface area contributed by atoms with Gasteiger partial charge >= 0.3 is 5.97 Å². The Labute approximate surface area is 110 Å². The smallest absolute Gasteiger partial charge is 0.336 e. The van der Waals surface area contributed by atoms with Crippen LogP contribution in [0.2, 0.25) is 5.15 Å². The molecule has 0 saturated heterocycles. The number of nitrogens with zero attached hydrogens (tertiary/aromatic N) is 1. The van der Waals surface area contributed by atoms with E-state index in [0.29, 0.717) is 16.9 Å². The van der Waals surface area contributed by atoms with E-state index in [4.69, 9.17) is 22.4 Å². The molecule has 0 unspecified atom stereocenters. The molecule has 18 heavy (non-hydrogen) atoms. The van der Waals surface area contributed by atoms with E-state index in [1.807, 2.05) is 13.8 Å². The molecule has 0 aliphatic heterocycles. The highest BCUT2D eigenvalue weighted by Gasteiger charge is 2.09. The number of hydrogen-bond donors (Lipinski definition) is 2. The van der Waals surface area contributed by atoms with Gasteiger partial charge in [0.25, 0.3) is 0 Å². The van der Waals surface area contributed by atoms with Crippen molar-refractivity contribution in [1.29, 1.82) is 0 Å². The Balaban J connectivity index is 0.000000357. The predicted octanol–water partition coefficient (Wildman–Crippen LogP) is 2.94. The normalized spacial score (nSPS) is 10.1. The molecule has 1 heterocycles. The minimum Gasteiger partial charge on any atom is -0.478 e. The third-order valence-corrected chi connectivity index (χ3v) is 2.11. The predicted molar refractivity (Wildman–Crippen MR) is 73.0 cm³/mol. The molecule has 0 spiro atoms. The van der Waals surface area contributed by atoms with Gasteiger partial charge in [0, 0.05) is 5.39 Å². The number of carboxylic acids is 1. The summed E-state index contributed by atoms with van der Waals surface area (Å²) in [6.07, 6.45) is 0. The standard InChI is InChI=1S/C10H6ClNO2.C3H9N/c11-9-5-7(10(13)14)6-3-1-2-4-8(6)12-9;1-3(2)4/h1-5H,(H,13,14);3H,4H2,1-2H3. The van der Waals surface area contributed by atoms with Crippen LogP contribution in [0.4, 0.5) is 0 Å². The van der Waals surface area contributed by atoms with Gasteiger partial charge in [0.2, 0.25) is 0 Å². The zero-order chi connectivity index (χ0) is 13.7. The number of halogens is 1. The van der Waals surface area contributed by atoms with Crippen molar-refractivity contribution in [2.75, 3.05) is 0 Å². The number of rotatable bonds is 1. The van der Waals surface area contributed by atoms with Gasteiger partial charge in [-0.1, -0.05) is 43.6 Å². The topological polar surface area (TPSA) is 76.2 Å². The van der Waals surface area contributed by atoms with Crippen LogP contribution in [0.25, 0.3) is 10.9 Å². The Hall–Kier alpha value is -1.65. The second-order valence-electron chi connectivity index (χ2n) is 4.06. The highest BCUT2D eigenvalue weighted by molar-refractivity contribution is 6.30.